The molecule has 0 atom stereocenters. The third-order valence-electron chi connectivity index (χ3n) is 3.95. The van der Waals surface area contributed by atoms with E-state index in [-0.39, 0.29) is 5.76 Å². The lowest BCUT2D eigenvalue weighted by Gasteiger charge is -2.13. The standard InChI is InChI=1S/C21H11Cl2F3N2O2/c22-13-5-7-17(23)15(10-13)19-8-6-14(30-19)9-12(11-27)20(29)28-18-4-2-1-3-16(18)21(24,25)26/h1-10H,(H,28,29)/b12-9+. The molecule has 0 aliphatic rings. The molecule has 30 heavy (non-hydrogen) atoms. The summed E-state index contributed by atoms with van der Waals surface area (Å²) in [5.74, 6) is -0.529. The highest BCUT2D eigenvalue weighted by Gasteiger charge is 2.33. The molecule has 0 radical (unpaired) electrons. The molecule has 4 nitrogen and oxygen atoms in total. The Morgan fingerprint density at radius 1 is 1.10 bits per heavy atom. The SMILES string of the molecule is N#C/C(=C\c1ccc(-c2cc(Cl)ccc2Cl)o1)C(=O)Nc1ccccc1C(F)(F)F. The Morgan fingerprint density at radius 2 is 1.83 bits per heavy atom. The van der Waals surface area contributed by atoms with Crippen LogP contribution >= 0.6 is 23.2 Å². The predicted molar refractivity (Wildman–Crippen MR) is 108 cm³/mol. The molecule has 0 aliphatic heterocycles. The van der Waals surface area contributed by atoms with Crippen molar-refractivity contribution in [1.29, 1.82) is 5.26 Å². The maximum Gasteiger partial charge on any atom is 0.418 e. The molecule has 0 spiro atoms. The van der Waals surface area contributed by atoms with E-state index in [0.717, 1.165) is 18.2 Å². The van der Waals surface area contributed by atoms with Gasteiger partial charge in [0.2, 0.25) is 0 Å². The highest BCUT2D eigenvalue weighted by molar-refractivity contribution is 6.35. The van der Waals surface area contributed by atoms with Gasteiger partial charge in [-0.15, -0.1) is 0 Å². The van der Waals surface area contributed by atoms with E-state index in [1.54, 1.807) is 30.3 Å². The average Bonchev–Trinajstić information content (AvgIpc) is 3.16. The fraction of sp³-hybridized carbons (Fsp3) is 0.0476. The van der Waals surface area contributed by atoms with E-state index in [1.165, 1.54) is 18.2 Å². The van der Waals surface area contributed by atoms with E-state index in [2.05, 4.69) is 5.32 Å². The van der Waals surface area contributed by atoms with Gasteiger partial charge in [-0.25, -0.2) is 0 Å². The number of alkyl halides is 3. The molecule has 3 rings (SSSR count). The summed E-state index contributed by atoms with van der Waals surface area (Å²) >= 11 is 12.1. The van der Waals surface area contributed by atoms with Crippen LogP contribution in [0.1, 0.15) is 11.3 Å². The summed E-state index contributed by atoms with van der Waals surface area (Å²) < 4.78 is 44.8. The van der Waals surface area contributed by atoms with E-state index in [4.69, 9.17) is 27.6 Å². The zero-order valence-corrected chi connectivity index (χ0v) is 16.4. The molecular formula is C21H11Cl2F3N2O2. The number of hydrogen-bond donors (Lipinski definition) is 1. The molecule has 1 amide bonds. The molecule has 1 N–H and O–H groups in total. The van der Waals surface area contributed by atoms with Crippen molar-refractivity contribution in [2.45, 2.75) is 6.18 Å². The number of nitrogens with zero attached hydrogens (tertiary/aromatic N) is 1. The molecule has 2 aromatic carbocycles. The topological polar surface area (TPSA) is 66.0 Å². The number of nitriles is 1. The summed E-state index contributed by atoms with van der Waals surface area (Å²) in [5, 5.41) is 12.2. The van der Waals surface area contributed by atoms with Crippen LogP contribution in [0.2, 0.25) is 10.0 Å². The Morgan fingerprint density at radius 3 is 2.53 bits per heavy atom. The van der Waals surface area contributed by atoms with Crippen LogP contribution in [0.25, 0.3) is 17.4 Å². The van der Waals surface area contributed by atoms with Gasteiger partial charge in [-0.1, -0.05) is 35.3 Å². The fourth-order valence-corrected chi connectivity index (χ4v) is 2.96. The van der Waals surface area contributed by atoms with Crippen molar-refractivity contribution in [3.8, 4) is 17.4 Å². The molecule has 3 aromatic rings. The van der Waals surface area contributed by atoms with Crippen molar-refractivity contribution < 1.29 is 22.4 Å². The lowest BCUT2D eigenvalue weighted by Crippen LogP contribution is -2.17. The third kappa shape index (κ3) is 4.85. The van der Waals surface area contributed by atoms with E-state index in [9.17, 15) is 23.2 Å². The van der Waals surface area contributed by atoms with E-state index in [0.29, 0.717) is 21.4 Å². The minimum absolute atomic E-state index is 0.136. The molecule has 9 heteroatoms. The largest absolute Gasteiger partial charge is 0.457 e. The maximum atomic E-state index is 13.1. The minimum Gasteiger partial charge on any atom is -0.457 e. The van der Waals surface area contributed by atoms with E-state index >= 15 is 0 Å². The molecule has 0 bridgehead atoms. The average molecular weight is 451 g/mol. The Bertz CT molecular complexity index is 1180. The van der Waals surface area contributed by atoms with Crippen molar-refractivity contribution in [1.82, 2.24) is 0 Å². The minimum atomic E-state index is -4.66. The van der Waals surface area contributed by atoms with Crippen LogP contribution in [0.4, 0.5) is 18.9 Å². The van der Waals surface area contributed by atoms with Crippen molar-refractivity contribution in [2.75, 3.05) is 5.32 Å². The molecule has 152 valence electrons. The third-order valence-corrected chi connectivity index (χ3v) is 4.52. The van der Waals surface area contributed by atoms with Crippen molar-refractivity contribution in [3.63, 3.8) is 0 Å². The maximum absolute atomic E-state index is 13.1. The van der Waals surface area contributed by atoms with Crippen LogP contribution in [0.15, 0.2) is 64.6 Å². The zero-order valence-electron chi connectivity index (χ0n) is 14.9. The van der Waals surface area contributed by atoms with Crippen molar-refractivity contribution in [3.05, 3.63) is 81.5 Å². The smallest absolute Gasteiger partial charge is 0.418 e. The van der Waals surface area contributed by atoms with Crippen molar-refractivity contribution in [2.24, 2.45) is 0 Å². The van der Waals surface area contributed by atoms with Gasteiger partial charge in [0.1, 0.15) is 23.2 Å². The zero-order chi connectivity index (χ0) is 21.9. The monoisotopic (exact) mass is 450 g/mol. The number of para-hydroxylation sites is 1. The molecule has 0 saturated carbocycles. The Hall–Kier alpha value is -3.21. The summed E-state index contributed by atoms with van der Waals surface area (Å²) in [5.41, 5.74) is -1.41. The van der Waals surface area contributed by atoms with Gasteiger partial charge in [0, 0.05) is 16.7 Å². The van der Waals surface area contributed by atoms with Gasteiger partial charge in [-0.3, -0.25) is 4.79 Å². The molecule has 0 aliphatic carbocycles. The number of rotatable bonds is 4. The van der Waals surface area contributed by atoms with Crippen LogP contribution in [0, 0.1) is 11.3 Å². The van der Waals surface area contributed by atoms with Gasteiger partial charge >= 0.3 is 6.18 Å². The van der Waals surface area contributed by atoms with Gasteiger partial charge in [0.25, 0.3) is 5.91 Å². The van der Waals surface area contributed by atoms with Gasteiger partial charge in [-0.05, 0) is 42.5 Å². The fourth-order valence-electron chi connectivity index (χ4n) is 2.58. The normalized spacial score (nSPS) is 11.8. The van der Waals surface area contributed by atoms with Crippen LogP contribution in [0.5, 0.6) is 0 Å². The lowest BCUT2D eigenvalue weighted by atomic mass is 10.1. The first-order chi connectivity index (χ1) is 14.2. The highest BCUT2D eigenvalue weighted by atomic mass is 35.5. The van der Waals surface area contributed by atoms with Crippen LogP contribution < -0.4 is 5.32 Å². The van der Waals surface area contributed by atoms with E-state index in [1.807, 2.05) is 0 Å². The van der Waals surface area contributed by atoms with Gasteiger partial charge < -0.3 is 9.73 Å². The quantitative estimate of drug-likeness (QED) is 0.350. The summed E-state index contributed by atoms with van der Waals surface area (Å²) in [4.78, 5) is 12.4. The second kappa shape index (κ2) is 8.66. The Labute approximate surface area is 179 Å². The van der Waals surface area contributed by atoms with Crippen LogP contribution in [-0.2, 0) is 11.0 Å². The molecule has 0 saturated heterocycles. The first-order valence-corrected chi connectivity index (χ1v) is 9.09. The number of halogens is 5. The highest BCUT2D eigenvalue weighted by Crippen LogP contribution is 2.35. The lowest BCUT2D eigenvalue weighted by molar-refractivity contribution is -0.137. The second-order valence-electron chi connectivity index (χ2n) is 5.99. The molecule has 1 aromatic heterocycles. The summed E-state index contributed by atoms with van der Waals surface area (Å²) in [7, 11) is 0. The number of furan rings is 1. The summed E-state index contributed by atoms with van der Waals surface area (Å²) in [6, 6.07) is 14.0. The van der Waals surface area contributed by atoms with Gasteiger partial charge in [0.15, 0.2) is 0 Å². The first-order valence-electron chi connectivity index (χ1n) is 8.33. The predicted octanol–water partition coefficient (Wildman–Crippen LogP) is 6.82. The molecule has 1 heterocycles. The van der Waals surface area contributed by atoms with E-state index < -0.39 is 28.9 Å². The number of nitrogens with one attached hydrogen (secondary N) is 1. The molecule has 0 fully saturated rings. The molecule has 0 unspecified atom stereocenters. The number of benzene rings is 2. The second-order valence-corrected chi connectivity index (χ2v) is 6.84. The molecular weight excluding hydrogens is 440 g/mol. The number of carbonyl (C=O) groups excluding carboxylic acids is 1. The number of carbonyl (C=O) groups is 1. The van der Waals surface area contributed by atoms with Gasteiger partial charge in [0.05, 0.1) is 16.3 Å². The van der Waals surface area contributed by atoms with Crippen LogP contribution in [-0.4, -0.2) is 5.91 Å². The van der Waals surface area contributed by atoms with Crippen molar-refractivity contribution >= 4 is 40.9 Å². The summed E-state index contributed by atoms with van der Waals surface area (Å²) in [6.45, 7) is 0. The first kappa shape index (κ1) is 21.5. The summed E-state index contributed by atoms with van der Waals surface area (Å²) in [6.07, 6.45) is -3.54. The number of anilines is 1. The number of hydrogen-bond acceptors (Lipinski definition) is 3. The van der Waals surface area contributed by atoms with Gasteiger partial charge in [-0.2, -0.15) is 18.4 Å². The number of amides is 1. The Kier molecular flexibility index (Phi) is 6.20. The van der Waals surface area contributed by atoms with Crippen LogP contribution in [0.3, 0.4) is 0 Å². The Balaban J connectivity index is 1.87.